The quantitative estimate of drug-likeness (QED) is 0.731. The van der Waals surface area contributed by atoms with Crippen LogP contribution in [0.2, 0.25) is 0 Å². The predicted octanol–water partition coefficient (Wildman–Crippen LogP) is 0.288. The molecule has 84 valence electrons. The zero-order chi connectivity index (χ0) is 11.1. The lowest BCUT2D eigenvalue weighted by molar-refractivity contribution is -0.0649. The van der Waals surface area contributed by atoms with Gasteiger partial charge in [0.1, 0.15) is 0 Å². The van der Waals surface area contributed by atoms with Gasteiger partial charge in [-0.25, -0.2) is 13.1 Å². The first-order valence-electron chi connectivity index (χ1n) is 4.15. The van der Waals surface area contributed by atoms with E-state index in [-0.39, 0.29) is 6.42 Å². The van der Waals surface area contributed by atoms with Crippen LogP contribution in [0.1, 0.15) is 20.3 Å². The van der Waals surface area contributed by atoms with Crippen LogP contribution in [0.25, 0.3) is 0 Å². The van der Waals surface area contributed by atoms with Gasteiger partial charge >= 0.3 is 5.76 Å². The van der Waals surface area contributed by atoms with E-state index in [2.05, 4.69) is 0 Å². The van der Waals surface area contributed by atoms with Crippen molar-refractivity contribution in [3.8, 4) is 0 Å². The lowest BCUT2D eigenvalue weighted by Crippen LogP contribution is -2.61. The van der Waals surface area contributed by atoms with Crippen molar-refractivity contribution in [2.24, 2.45) is 5.41 Å². The molecule has 2 unspecified atom stereocenters. The van der Waals surface area contributed by atoms with Gasteiger partial charge in [-0.1, -0.05) is 13.8 Å². The standard InChI is InChI=1S/C7H13F2NO3S/c1-7(2)4(3-5(7)11)10-14(12,13)6(8)9/h4-6,10-11H,3H2,1-2H3. The van der Waals surface area contributed by atoms with Gasteiger partial charge in [0.25, 0.3) is 10.0 Å². The van der Waals surface area contributed by atoms with Crippen LogP contribution in [0.3, 0.4) is 0 Å². The van der Waals surface area contributed by atoms with Crippen LogP contribution in [0.15, 0.2) is 0 Å². The van der Waals surface area contributed by atoms with Crippen LogP contribution in [0.5, 0.6) is 0 Å². The number of rotatable bonds is 3. The average molecular weight is 229 g/mol. The Kier molecular flexibility index (Phi) is 2.86. The summed E-state index contributed by atoms with van der Waals surface area (Å²) in [5.74, 6) is -3.42. The molecule has 0 amide bonds. The Hall–Kier alpha value is -0.270. The number of aliphatic hydroxyl groups is 1. The SMILES string of the molecule is CC1(C)C(O)CC1NS(=O)(=O)C(F)F. The van der Waals surface area contributed by atoms with Gasteiger partial charge in [-0.15, -0.1) is 0 Å². The van der Waals surface area contributed by atoms with Crippen molar-refractivity contribution in [1.82, 2.24) is 4.72 Å². The van der Waals surface area contributed by atoms with Crippen molar-refractivity contribution in [3.63, 3.8) is 0 Å². The largest absolute Gasteiger partial charge is 0.392 e. The number of hydrogen-bond donors (Lipinski definition) is 2. The molecule has 0 radical (unpaired) electrons. The number of aliphatic hydroxyl groups excluding tert-OH is 1. The zero-order valence-corrected chi connectivity index (χ0v) is 8.68. The molecule has 1 fully saturated rings. The summed E-state index contributed by atoms with van der Waals surface area (Å²) in [6.07, 6.45) is -0.466. The molecule has 1 saturated carbocycles. The molecule has 14 heavy (non-hydrogen) atoms. The third-order valence-electron chi connectivity index (χ3n) is 2.76. The summed E-state index contributed by atoms with van der Waals surface area (Å²) in [7, 11) is -4.55. The van der Waals surface area contributed by atoms with E-state index in [0.717, 1.165) is 0 Å². The van der Waals surface area contributed by atoms with Crippen molar-refractivity contribution in [1.29, 1.82) is 0 Å². The van der Waals surface area contributed by atoms with Gasteiger partial charge in [0.2, 0.25) is 0 Å². The first-order valence-corrected chi connectivity index (χ1v) is 5.70. The van der Waals surface area contributed by atoms with E-state index < -0.39 is 33.3 Å². The molecule has 0 aromatic carbocycles. The van der Waals surface area contributed by atoms with Crippen molar-refractivity contribution in [2.45, 2.75) is 38.2 Å². The van der Waals surface area contributed by atoms with Crippen LogP contribution < -0.4 is 4.72 Å². The Labute approximate surface area is 81.4 Å². The second-order valence-electron chi connectivity index (χ2n) is 4.05. The number of halogens is 2. The Bertz CT molecular complexity index is 315. The topological polar surface area (TPSA) is 66.4 Å². The molecule has 0 bridgehead atoms. The Morgan fingerprint density at radius 3 is 2.29 bits per heavy atom. The molecule has 0 spiro atoms. The Morgan fingerprint density at radius 1 is 1.50 bits per heavy atom. The lowest BCUT2D eigenvalue weighted by atomic mass is 9.65. The van der Waals surface area contributed by atoms with E-state index in [1.54, 1.807) is 13.8 Å². The second kappa shape index (κ2) is 3.39. The summed E-state index contributed by atoms with van der Waals surface area (Å²) in [6, 6.07) is -0.614. The molecular weight excluding hydrogens is 216 g/mol. The van der Waals surface area contributed by atoms with E-state index in [9.17, 15) is 22.3 Å². The van der Waals surface area contributed by atoms with Crippen molar-refractivity contribution in [3.05, 3.63) is 0 Å². The zero-order valence-electron chi connectivity index (χ0n) is 7.87. The molecule has 1 rings (SSSR count). The summed E-state index contributed by atoms with van der Waals surface area (Å²) in [6.45, 7) is 3.25. The van der Waals surface area contributed by atoms with Gasteiger partial charge in [0.15, 0.2) is 0 Å². The second-order valence-corrected chi connectivity index (χ2v) is 5.73. The summed E-state index contributed by atoms with van der Waals surface area (Å²) in [5, 5.41) is 9.26. The highest BCUT2D eigenvalue weighted by Crippen LogP contribution is 2.40. The molecule has 1 aliphatic carbocycles. The molecule has 7 heteroatoms. The van der Waals surface area contributed by atoms with Crippen molar-refractivity contribution in [2.75, 3.05) is 0 Å². The van der Waals surface area contributed by atoms with Gasteiger partial charge in [-0.3, -0.25) is 0 Å². The molecule has 0 aromatic rings. The molecular formula is C7H13F2NO3S. The van der Waals surface area contributed by atoms with Gasteiger partial charge in [-0.2, -0.15) is 8.78 Å². The number of nitrogens with one attached hydrogen (secondary N) is 1. The smallest absolute Gasteiger partial charge is 0.350 e. The normalized spacial score (nSPS) is 31.6. The van der Waals surface area contributed by atoms with Crippen LogP contribution in [-0.4, -0.2) is 31.4 Å². The summed E-state index contributed by atoms with van der Waals surface area (Å²) < 4.78 is 47.4. The molecule has 4 nitrogen and oxygen atoms in total. The first-order chi connectivity index (χ1) is 6.18. The molecule has 0 aliphatic heterocycles. The minimum absolute atomic E-state index is 0.180. The predicted molar refractivity (Wildman–Crippen MR) is 46.3 cm³/mol. The van der Waals surface area contributed by atoms with Gasteiger partial charge in [-0.05, 0) is 6.42 Å². The maximum atomic E-state index is 12.0. The highest BCUT2D eigenvalue weighted by Gasteiger charge is 2.49. The first kappa shape index (κ1) is 11.8. The highest BCUT2D eigenvalue weighted by molar-refractivity contribution is 7.89. The van der Waals surface area contributed by atoms with Crippen molar-refractivity contribution >= 4 is 10.0 Å². The van der Waals surface area contributed by atoms with Crippen molar-refractivity contribution < 1.29 is 22.3 Å². The number of alkyl halides is 2. The third kappa shape index (κ3) is 1.89. The van der Waals surface area contributed by atoms with E-state index >= 15 is 0 Å². The maximum Gasteiger partial charge on any atom is 0.350 e. The molecule has 1 aliphatic rings. The fraction of sp³-hybridized carbons (Fsp3) is 1.00. The molecule has 0 aromatic heterocycles. The molecule has 2 N–H and O–H groups in total. The molecule has 0 saturated heterocycles. The Balaban J connectivity index is 2.65. The monoisotopic (exact) mass is 229 g/mol. The summed E-state index contributed by atoms with van der Waals surface area (Å²) in [5.41, 5.74) is -0.679. The highest BCUT2D eigenvalue weighted by atomic mass is 32.2. The van der Waals surface area contributed by atoms with E-state index in [0.29, 0.717) is 0 Å². The third-order valence-corrected chi connectivity index (χ3v) is 3.84. The molecule has 2 atom stereocenters. The van der Waals surface area contributed by atoms with Gasteiger partial charge < -0.3 is 5.11 Å². The van der Waals surface area contributed by atoms with Crippen LogP contribution in [-0.2, 0) is 10.0 Å². The van der Waals surface area contributed by atoms with Gasteiger partial charge in [0, 0.05) is 11.5 Å². The Morgan fingerprint density at radius 2 is 2.00 bits per heavy atom. The van der Waals surface area contributed by atoms with E-state index in [1.807, 2.05) is 4.72 Å². The fourth-order valence-corrected chi connectivity index (χ4v) is 2.25. The summed E-state index contributed by atoms with van der Waals surface area (Å²) >= 11 is 0. The van der Waals surface area contributed by atoms with Crippen LogP contribution in [0.4, 0.5) is 8.78 Å². The minimum atomic E-state index is -4.55. The average Bonchev–Trinajstić information content (AvgIpc) is 2.03. The number of sulfonamides is 1. The maximum absolute atomic E-state index is 12.0. The van der Waals surface area contributed by atoms with Crippen LogP contribution >= 0.6 is 0 Å². The van der Waals surface area contributed by atoms with Gasteiger partial charge in [0.05, 0.1) is 6.10 Å². The lowest BCUT2D eigenvalue weighted by Gasteiger charge is -2.49. The summed E-state index contributed by atoms with van der Waals surface area (Å²) in [4.78, 5) is 0. The van der Waals surface area contributed by atoms with Crippen LogP contribution in [0, 0.1) is 5.41 Å². The minimum Gasteiger partial charge on any atom is -0.392 e. The van der Waals surface area contributed by atoms with E-state index in [4.69, 9.17) is 0 Å². The molecule has 0 heterocycles. The number of hydrogen-bond acceptors (Lipinski definition) is 3. The fourth-order valence-electron chi connectivity index (χ4n) is 1.35. The van der Waals surface area contributed by atoms with E-state index in [1.165, 1.54) is 0 Å².